The van der Waals surface area contributed by atoms with E-state index in [0.717, 1.165) is 25.7 Å². The number of nitrogens with one attached hydrogen (secondary N) is 2. The van der Waals surface area contributed by atoms with Crippen molar-refractivity contribution in [2.45, 2.75) is 37.9 Å². The number of likely N-dealkylation sites (tertiary alicyclic amines) is 1. The van der Waals surface area contributed by atoms with Crippen molar-refractivity contribution in [2.24, 2.45) is 11.8 Å². The fourth-order valence-corrected chi connectivity index (χ4v) is 5.13. The number of amides is 3. The summed E-state index contributed by atoms with van der Waals surface area (Å²) < 4.78 is 26.2. The molecule has 1 heterocycles. The molecule has 2 N–H and O–H groups in total. The minimum Gasteiger partial charge on any atom is -0.326 e. The van der Waals surface area contributed by atoms with Gasteiger partial charge in [-0.25, -0.2) is 13.1 Å². The van der Waals surface area contributed by atoms with Crippen LogP contribution in [0.2, 0.25) is 0 Å². The molecular formula is C21H27N3O5S. The average molecular weight is 434 g/mol. The molecule has 0 bridgehead atoms. The normalized spacial score (nSPS) is 21.4. The van der Waals surface area contributed by atoms with Crippen LogP contribution in [-0.2, 0) is 30.2 Å². The maximum Gasteiger partial charge on any atom is 0.233 e. The van der Waals surface area contributed by atoms with E-state index < -0.39 is 10.0 Å². The van der Waals surface area contributed by atoms with Crippen molar-refractivity contribution in [1.82, 2.24) is 9.62 Å². The minimum absolute atomic E-state index is 0.0263. The summed E-state index contributed by atoms with van der Waals surface area (Å²) in [5, 5.41) is 2.72. The molecule has 0 radical (unpaired) electrons. The van der Waals surface area contributed by atoms with E-state index in [2.05, 4.69) is 16.6 Å². The van der Waals surface area contributed by atoms with Gasteiger partial charge < -0.3 is 5.32 Å². The molecule has 30 heavy (non-hydrogen) atoms. The third-order valence-electron chi connectivity index (χ3n) is 5.54. The van der Waals surface area contributed by atoms with Crippen molar-refractivity contribution in [3.05, 3.63) is 42.5 Å². The number of sulfonamides is 1. The SMILES string of the molecule is C=CCNS(=O)(=O)Cc1ccc(NC(=O)CCN2C(=O)C3CCCCC3C2=O)cc1. The zero-order valence-electron chi connectivity index (χ0n) is 16.8. The zero-order chi connectivity index (χ0) is 21.7. The molecule has 2 unspecified atom stereocenters. The van der Waals surface area contributed by atoms with E-state index in [1.165, 1.54) is 11.0 Å². The number of rotatable bonds is 9. The highest BCUT2D eigenvalue weighted by molar-refractivity contribution is 7.88. The van der Waals surface area contributed by atoms with Crippen LogP contribution in [0.3, 0.4) is 0 Å². The summed E-state index contributed by atoms with van der Waals surface area (Å²) in [6.07, 6.45) is 4.93. The summed E-state index contributed by atoms with van der Waals surface area (Å²) in [7, 11) is -3.45. The zero-order valence-corrected chi connectivity index (χ0v) is 17.6. The first-order valence-corrected chi connectivity index (χ1v) is 11.8. The molecular weight excluding hydrogens is 406 g/mol. The summed E-state index contributed by atoms with van der Waals surface area (Å²) in [6, 6.07) is 6.50. The van der Waals surface area contributed by atoms with E-state index >= 15 is 0 Å². The van der Waals surface area contributed by atoms with Crippen LogP contribution in [0.15, 0.2) is 36.9 Å². The molecule has 1 saturated carbocycles. The van der Waals surface area contributed by atoms with Crippen LogP contribution in [0.1, 0.15) is 37.7 Å². The Balaban J connectivity index is 1.50. The number of fused-ring (bicyclic) bond motifs is 1. The van der Waals surface area contributed by atoms with Crippen molar-refractivity contribution >= 4 is 33.4 Å². The van der Waals surface area contributed by atoms with Crippen LogP contribution in [0.5, 0.6) is 0 Å². The van der Waals surface area contributed by atoms with Gasteiger partial charge in [-0.3, -0.25) is 19.3 Å². The lowest BCUT2D eigenvalue weighted by Crippen LogP contribution is -2.34. The van der Waals surface area contributed by atoms with Crippen LogP contribution >= 0.6 is 0 Å². The van der Waals surface area contributed by atoms with E-state index in [-0.39, 0.29) is 54.8 Å². The van der Waals surface area contributed by atoms with Crippen molar-refractivity contribution in [3.63, 3.8) is 0 Å². The highest BCUT2D eigenvalue weighted by atomic mass is 32.2. The van der Waals surface area contributed by atoms with Crippen molar-refractivity contribution in [2.75, 3.05) is 18.4 Å². The number of hydrogen-bond donors (Lipinski definition) is 2. The molecule has 3 amide bonds. The predicted octanol–water partition coefficient (Wildman–Crippen LogP) is 1.80. The van der Waals surface area contributed by atoms with Gasteiger partial charge in [0.1, 0.15) is 0 Å². The maximum absolute atomic E-state index is 12.5. The lowest BCUT2D eigenvalue weighted by Gasteiger charge is -2.19. The molecule has 2 fully saturated rings. The molecule has 1 aliphatic heterocycles. The lowest BCUT2D eigenvalue weighted by atomic mass is 9.81. The Hall–Kier alpha value is -2.52. The second-order valence-electron chi connectivity index (χ2n) is 7.72. The minimum atomic E-state index is -3.45. The maximum atomic E-state index is 12.5. The number of carbonyl (C=O) groups is 3. The first-order chi connectivity index (χ1) is 14.3. The summed E-state index contributed by atoms with van der Waals surface area (Å²) in [5.74, 6) is -1.19. The molecule has 8 nitrogen and oxygen atoms in total. The Morgan fingerprint density at radius 3 is 2.27 bits per heavy atom. The summed E-state index contributed by atoms with van der Waals surface area (Å²) >= 11 is 0. The van der Waals surface area contributed by atoms with Crippen LogP contribution in [0.4, 0.5) is 5.69 Å². The number of anilines is 1. The van der Waals surface area contributed by atoms with Gasteiger partial charge in [0.05, 0.1) is 17.6 Å². The number of nitrogens with zero attached hydrogens (tertiary/aromatic N) is 1. The first-order valence-electron chi connectivity index (χ1n) is 10.1. The molecule has 2 atom stereocenters. The highest BCUT2D eigenvalue weighted by Gasteiger charge is 2.47. The second kappa shape index (κ2) is 9.53. The largest absolute Gasteiger partial charge is 0.326 e. The van der Waals surface area contributed by atoms with Crippen molar-refractivity contribution in [1.29, 1.82) is 0 Å². The van der Waals surface area contributed by atoms with Crippen LogP contribution in [0, 0.1) is 11.8 Å². The quantitative estimate of drug-likeness (QED) is 0.455. The van der Waals surface area contributed by atoms with Gasteiger partial charge in [0.2, 0.25) is 27.7 Å². The standard InChI is InChI=1S/C21H27N3O5S/c1-2-12-22-30(28,29)14-15-7-9-16(10-8-15)23-19(25)11-13-24-20(26)17-5-3-4-6-18(17)21(24)27/h2,7-10,17-18,22H,1,3-6,11-14H2,(H,23,25). The van der Waals surface area contributed by atoms with E-state index in [1.54, 1.807) is 24.3 Å². The van der Waals surface area contributed by atoms with Crippen molar-refractivity contribution in [3.8, 4) is 0 Å². The second-order valence-corrected chi connectivity index (χ2v) is 9.52. The third-order valence-corrected chi connectivity index (χ3v) is 6.86. The Labute approximate surface area is 176 Å². The van der Waals surface area contributed by atoms with Gasteiger partial charge in [-0.2, -0.15) is 0 Å². The van der Waals surface area contributed by atoms with Gasteiger partial charge in [-0.15, -0.1) is 6.58 Å². The number of carbonyl (C=O) groups excluding carboxylic acids is 3. The van der Waals surface area contributed by atoms with Crippen molar-refractivity contribution < 1.29 is 22.8 Å². The molecule has 0 spiro atoms. The van der Waals surface area contributed by atoms with Gasteiger partial charge in [-0.05, 0) is 30.5 Å². The van der Waals surface area contributed by atoms with E-state index in [4.69, 9.17) is 0 Å². The van der Waals surface area contributed by atoms with Crippen LogP contribution in [0.25, 0.3) is 0 Å². The Morgan fingerprint density at radius 1 is 1.10 bits per heavy atom. The van der Waals surface area contributed by atoms with Gasteiger partial charge in [0, 0.05) is 25.2 Å². The van der Waals surface area contributed by atoms with Gasteiger partial charge in [0.25, 0.3) is 0 Å². The molecule has 1 aromatic rings. The molecule has 1 aromatic carbocycles. The first kappa shape index (κ1) is 22.2. The molecule has 1 aliphatic carbocycles. The number of benzene rings is 1. The fourth-order valence-electron chi connectivity index (χ4n) is 4.03. The summed E-state index contributed by atoms with van der Waals surface area (Å²) in [4.78, 5) is 38.4. The van der Waals surface area contributed by atoms with E-state index in [9.17, 15) is 22.8 Å². The van der Waals surface area contributed by atoms with Crippen LogP contribution < -0.4 is 10.0 Å². The van der Waals surface area contributed by atoms with E-state index in [1.807, 2.05) is 0 Å². The van der Waals surface area contributed by atoms with Gasteiger partial charge >= 0.3 is 0 Å². The summed E-state index contributed by atoms with van der Waals surface area (Å²) in [5.41, 5.74) is 1.10. The lowest BCUT2D eigenvalue weighted by molar-refractivity contribution is -0.140. The average Bonchev–Trinajstić information content (AvgIpc) is 2.97. The Kier molecular flexibility index (Phi) is 7.04. The molecule has 2 aliphatic rings. The molecule has 162 valence electrons. The highest BCUT2D eigenvalue weighted by Crippen LogP contribution is 2.37. The monoisotopic (exact) mass is 433 g/mol. The smallest absolute Gasteiger partial charge is 0.233 e. The third kappa shape index (κ3) is 5.34. The van der Waals surface area contributed by atoms with Crippen LogP contribution in [-0.4, -0.2) is 44.1 Å². The summed E-state index contributed by atoms with van der Waals surface area (Å²) in [6.45, 7) is 3.72. The van der Waals surface area contributed by atoms with E-state index in [0.29, 0.717) is 11.3 Å². The number of hydrogen-bond acceptors (Lipinski definition) is 5. The fraction of sp³-hybridized carbons (Fsp3) is 0.476. The molecule has 9 heteroatoms. The topological polar surface area (TPSA) is 113 Å². The molecule has 3 rings (SSSR count). The Bertz CT molecular complexity index is 902. The van der Waals surface area contributed by atoms with Gasteiger partial charge in [0.15, 0.2) is 0 Å². The number of imide groups is 1. The molecule has 0 aromatic heterocycles. The Morgan fingerprint density at radius 2 is 1.70 bits per heavy atom. The molecule has 1 saturated heterocycles. The van der Waals surface area contributed by atoms with Gasteiger partial charge in [-0.1, -0.05) is 31.1 Å². The predicted molar refractivity (Wildman–Crippen MR) is 113 cm³/mol.